The van der Waals surface area contributed by atoms with Gasteiger partial charge in [0.15, 0.2) is 0 Å². The lowest BCUT2D eigenvalue weighted by Crippen LogP contribution is -2.60. The van der Waals surface area contributed by atoms with Crippen molar-refractivity contribution in [3.05, 3.63) is 89.5 Å². The Labute approximate surface area is 169 Å². The highest BCUT2D eigenvalue weighted by Gasteiger charge is 2.46. The van der Waals surface area contributed by atoms with Crippen LogP contribution in [0.5, 0.6) is 0 Å². The van der Waals surface area contributed by atoms with Gasteiger partial charge in [0, 0.05) is 0 Å². The standard InChI is InChI=1S/C25H28NOSi/c1-17-19-11-7-9-13-21(19)23-15-18(28(27)26(5,6)25(2,3)4)16-24(23)22-14-10-8-12-20(17)22/h7-16,18H,1H2,2-6H3/q+1. The lowest BCUT2D eigenvalue weighted by molar-refractivity contribution is -0.838. The van der Waals surface area contributed by atoms with Crippen LogP contribution < -0.4 is 0 Å². The lowest BCUT2D eigenvalue weighted by Gasteiger charge is -2.41. The summed E-state index contributed by atoms with van der Waals surface area (Å²) in [4.78, 5) is 0. The van der Waals surface area contributed by atoms with Crippen LogP contribution in [0.2, 0.25) is 5.54 Å². The summed E-state index contributed by atoms with van der Waals surface area (Å²) in [5.74, 6) is 0. The molecule has 2 aromatic carbocycles. The molecule has 0 radical (unpaired) electrons. The summed E-state index contributed by atoms with van der Waals surface area (Å²) in [5, 5.41) is 0. The highest BCUT2D eigenvalue weighted by molar-refractivity contribution is 6.40. The molecule has 3 heteroatoms. The minimum atomic E-state index is -1.97. The summed E-state index contributed by atoms with van der Waals surface area (Å²) in [7, 11) is 2.21. The van der Waals surface area contributed by atoms with Gasteiger partial charge in [0.25, 0.3) is 0 Å². The molecule has 2 aliphatic carbocycles. The Bertz CT molecular complexity index is 1000. The molecule has 28 heavy (non-hydrogen) atoms. The number of fused-ring (bicyclic) bond motifs is 5. The predicted molar refractivity (Wildman–Crippen MR) is 119 cm³/mol. The fraction of sp³-hybridized carbons (Fsp3) is 0.280. The first-order valence-corrected chi connectivity index (χ1v) is 11.3. The zero-order chi connectivity index (χ0) is 20.3. The zero-order valence-electron chi connectivity index (χ0n) is 17.4. The van der Waals surface area contributed by atoms with Gasteiger partial charge in [-0.2, -0.15) is 0 Å². The van der Waals surface area contributed by atoms with Crippen LogP contribution in [-0.4, -0.2) is 32.6 Å². The molecule has 0 atom stereocenters. The molecule has 0 spiro atoms. The van der Waals surface area contributed by atoms with E-state index in [4.69, 9.17) is 0 Å². The van der Waals surface area contributed by atoms with Crippen LogP contribution in [0.3, 0.4) is 0 Å². The summed E-state index contributed by atoms with van der Waals surface area (Å²) >= 11 is 0. The highest BCUT2D eigenvalue weighted by Crippen LogP contribution is 2.48. The van der Waals surface area contributed by atoms with Gasteiger partial charge < -0.3 is 8.61 Å². The Morgan fingerprint density at radius 2 is 1.21 bits per heavy atom. The zero-order valence-corrected chi connectivity index (χ0v) is 18.4. The van der Waals surface area contributed by atoms with E-state index in [0.29, 0.717) is 4.15 Å². The molecule has 0 fully saturated rings. The van der Waals surface area contributed by atoms with Crippen LogP contribution >= 0.6 is 0 Å². The monoisotopic (exact) mass is 386 g/mol. The molecule has 0 N–H and O–H groups in total. The first-order valence-electron chi connectivity index (χ1n) is 9.84. The number of quaternary nitrogens is 1. The SMILES string of the molecule is C=C1c2ccccc2C2=CC([Si](=O)[N+](C)(C)C(C)(C)C)C=C2c2ccccc21. The summed E-state index contributed by atoms with van der Waals surface area (Å²) in [5.41, 5.74) is 8.01. The van der Waals surface area contributed by atoms with Gasteiger partial charge in [0.05, 0.1) is 25.2 Å². The number of rotatable bonds is 2. The topological polar surface area (TPSA) is 17.1 Å². The second kappa shape index (κ2) is 6.33. The average molecular weight is 387 g/mol. The number of hydrogen-bond donors (Lipinski definition) is 0. The second-order valence-electron chi connectivity index (χ2n) is 9.22. The van der Waals surface area contributed by atoms with Crippen molar-refractivity contribution in [2.24, 2.45) is 0 Å². The third-order valence-corrected chi connectivity index (χ3v) is 9.26. The molecule has 2 aromatic rings. The van der Waals surface area contributed by atoms with Gasteiger partial charge in [-0.25, -0.2) is 0 Å². The molecule has 2 aliphatic rings. The predicted octanol–water partition coefficient (Wildman–Crippen LogP) is 5.71. The van der Waals surface area contributed by atoms with E-state index < -0.39 is 8.84 Å². The van der Waals surface area contributed by atoms with Crippen molar-refractivity contribution in [3.8, 4) is 0 Å². The van der Waals surface area contributed by atoms with Gasteiger partial charge in [-0.15, -0.1) is 0 Å². The van der Waals surface area contributed by atoms with Gasteiger partial charge in [0.2, 0.25) is 0 Å². The van der Waals surface area contributed by atoms with E-state index in [9.17, 15) is 4.46 Å². The van der Waals surface area contributed by atoms with Gasteiger partial charge in [0.1, 0.15) is 0 Å². The van der Waals surface area contributed by atoms with E-state index in [2.05, 4.69) is 102 Å². The second-order valence-corrected chi connectivity index (χ2v) is 11.7. The van der Waals surface area contributed by atoms with Crippen molar-refractivity contribution >= 4 is 25.6 Å². The Hall–Kier alpha value is -2.36. The van der Waals surface area contributed by atoms with Gasteiger partial charge in [-0.1, -0.05) is 67.3 Å². The first kappa shape index (κ1) is 19.0. The summed E-state index contributed by atoms with van der Waals surface area (Å²) in [6, 6.07) is 16.9. The average Bonchev–Trinajstić information content (AvgIpc) is 3.07. The van der Waals surface area contributed by atoms with Gasteiger partial charge in [-0.3, -0.25) is 0 Å². The van der Waals surface area contributed by atoms with Gasteiger partial charge >= 0.3 is 8.84 Å². The fourth-order valence-corrected chi connectivity index (χ4v) is 6.03. The molecule has 0 unspecified atom stereocenters. The van der Waals surface area contributed by atoms with E-state index in [1.54, 1.807) is 0 Å². The molecule has 0 heterocycles. The maximum Gasteiger partial charge on any atom is 0.564 e. The third kappa shape index (κ3) is 2.73. The molecular weight excluding hydrogens is 358 g/mol. The Kier molecular flexibility index (Phi) is 4.29. The van der Waals surface area contributed by atoms with Crippen LogP contribution in [0.1, 0.15) is 43.0 Å². The number of nitrogens with zero attached hydrogens (tertiary/aromatic N) is 1. The van der Waals surface area contributed by atoms with E-state index in [1.165, 1.54) is 22.3 Å². The molecule has 0 saturated heterocycles. The minimum Gasteiger partial charge on any atom is -0.328 e. The smallest absolute Gasteiger partial charge is 0.328 e. The number of hydrogen-bond acceptors (Lipinski definition) is 1. The molecule has 4 rings (SSSR count). The lowest BCUT2D eigenvalue weighted by atomic mass is 9.95. The largest absolute Gasteiger partial charge is 0.564 e. The van der Waals surface area contributed by atoms with Crippen LogP contribution in [0.4, 0.5) is 0 Å². The Balaban J connectivity index is 1.92. The van der Waals surface area contributed by atoms with Crippen LogP contribution in [0.25, 0.3) is 16.7 Å². The quantitative estimate of drug-likeness (QED) is 0.605. The normalized spacial score (nSPS) is 16.5. The van der Waals surface area contributed by atoms with E-state index in [0.717, 1.165) is 16.7 Å². The van der Waals surface area contributed by atoms with Gasteiger partial charge in [-0.05, 0) is 59.7 Å². The molecule has 0 amide bonds. The maximum absolute atomic E-state index is 13.7. The summed E-state index contributed by atoms with van der Waals surface area (Å²) in [6.45, 7) is 10.9. The van der Waals surface area contributed by atoms with Crippen molar-refractivity contribution in [1.82, 2.24) is 0 Å². The molecule has 0 saturated carbocycles. The van der Waals surface area contributed by atoms with E-state index >= 15 is 0 Å². The van der Waals surface area contributed by atoms with E-state index in [1.807, 2.05) is 0 Å². The van der Waals surface area contributed by atoms with E-state index in [-0.39, 0.29) is 11.1 Å². The minimum absolute atomic E-state index is 0.0447. The molecule has 142 valence electrons. The highest BCUT2D eigenvalue weighted by atomic mass is 28.3. The molecule has 0 bridgehead atoms. The molecular formula is C25H28NOSi+. The van der Waals surface area contributed by atoms with Crippen molar-refractivity contribution in [1.29, 1.82) is 0 Å². The molecule has 0 aliphatic heterocycles. The maximum atomic E-state index is 13.7. The van der Waals surface area contributed by atoms with Crippen molar-refractivity contribution < 1.29 is 8.61 Å². The van der Waals surface area contributed by atoms with Crippen molar-refractivity contribution in [3.63, 3.8) is 0 Å². The molecule has 2 nitrogen and oxygen atoms in total. The van der Waals surface area contributed by atoms with Crippen LogP contribution in [0, 0.1) is 0 Å². The molecule has 0 aromatic heterocycles. The Morgan fingerprint density at radius 3 is 1.61 bits per heavy atom. The van der Waals surface area contributed by atoms with Crippen LogP contribution in [0.15, 0.2) is 67.3 Å². The van der Waals surface area contributed by atoms with Crippen molar-refractivity contribution in [2.75, 3.05) is 14.1 Å². The Morgan fingerprint density at radius 1 is 0.821 bits per heavy atom. The summed E-state index contributed by atoms with van der Waals surface area (Å²) < 4.78 is 14.2. The third-order valence-electron chi connectivity index (χ3n) is 6.58. The fourth-order valence-electron chi connectivity index (χ4n) is 4.01. The first-order chi connectivity index (χ1) is 13.1. The summed E-state index contributed by atoms with van der Waals surface area (Å²) in [6.07, 6.45) is 4.47. The number of allylic oxidation sites excluding steroid dienone is 4. The van der Waals surface area contributed by atoms with Crippen LogP contribution in [-0.2, 0) is 4.46 Å². The number of benzene rings is 2. The van der Waals surface area contributed by atoms with Crippen molar-refractivity contribution in [2.45, 2.75) is 31.9 Å².